The second-order valence-corrected chi connectivity index (χ2v) is 15.2. The molecule has 0 unspecified atom stereocenters. The quantitative estimate of drug-likeness (QED) is 0.0544. The van der Waals surface area contributed by atoms with Gasteiger partial charge in [-0.15, -0.1) is 29.1 Å². The van der Waals surface area contributed by atoms with Crippen molar-refractivity contribution in [1.29, 1.82) is 0 Å². The smallest absolute Gasteiger partial charge is 0.162 e. The van der Waals surface area contributed by atoms with E-state index in [-0.39, 0.29) is 48.9 Å². The van der Waals surface area contributed by atoms with Crippen LogP contribution in [0.1, 0.15) is 79.7 Å². The van der Waals surface area contributed by atoms with Crippen LogP contribution in [-0.4, -0.2) is 20.3 Å². The van der Waals surface area contributed by atoms with Crippen LogP contribution in [0.2, 0.25) is 0 Å². The summed E-state index contributed by atoms with van der Waals surface area (Å²) in [4.78, 5) is 17.0. The molecule has 0 atom stereocenters. The number of ketones is 1. The van der Waals surface area contributed by atoms with Crippen LogP contribution in [-0.2, 0) is 30.3 Å². The molecule has 8 aromatic rings. The molecule has 0 saturated heterocycles. The van der Waals surface area contributed by atoms with Gasteiger partial charge in [0.2, 0.25) is 0 Å². The fraction of sp³-hybridized carbons (Fsp3) is 0.292. The van der Waals surface area contributed by atoms with Crippen LogP contribution in [0.3, 0.4) is 0 Å². The number of carbonyl (C=O) groups is 1. The number of fused-ring (bicyclic) bond motifs is 6. The number of allylic oxidation sites excluding steroid dienone is 2. The van der Waals surface area contributed by atoms with Gasteiger partial charge in [0, 0.05) is 65.3 Å². The van der Waals surface area contributed by atoms with E-state index in [1.165, 1.54) is 60.5 Å². The molecule has 5 heteroatoms. The van der Waals surface area contributed by atoms with Gasteiger partial charge in [-0.3, -0.25) is 9.78 Å². The van der Waals surface area contributed by atoms with Gasteiger partial charge in [-0.2, -0.15) is 0 Å². The molecule has 0 bridgehead atoms. The van der Waals surface area contributed by atoms with E-state index in [1.54, 1.807) is 0 Å². The van der Waals surface area contributed by atoms with E-state index in [1.807, 2.05) is 27.7 Å². The molecule has 53 heavy (non-hydrogen) atoms. The van der Waals surface area contributed by atoms with Gasteiger partial charge in [0.05, 0.1) is 27.8 Å². The second-order valence-electron chi connectivity index (χ2n) is 15.2. The molecule has 3 aromatic heterocycles. The number of pyridine rings is 2. The Morgan fingerprint density at radius 1 is 0.736 bits per heavy atom. The van der Waals surface area contributed by atoms with Crippen molar-refractivity contribution >= 4 is 65.6 Å². The molecular formula is C48H49IrN2O2-. The fourth-order valence-corrected chi connectivity index (χ4v) is 8.06. The van der Waals surface area contributed by atoms with E-state index in [9.17, 15) is 9.90 Å². The molecule has 5 aromatic carbocycles. The van der Waals surface area contributed by atoms with Gasteiger partial charge in [-0.1, -0.05) is 126 Å². The standard InChI is InChI=1S/C35H25N2.C13H24O2.Ir/c1-35(2,3)28-19-22(18-21-10-4-5-11-23(21)28)30-20-32-33-25(13-9-16-29(33)36-30)27-15-8-14-26-24-12-6-7-17-31(24)37(32)34(26)27;1-5-10(6-2)12(14)9-13(15)11(7-3)8-4;/h4-17,19-20H,1-3H3;9-11,14H,5-8H2,1-4H3;/q-1;;/b;12-9-;. The maximum atomic E-state index is 11.7. The zero-order chi connectivity index (χ0) is 36.7. The van der Waals surface area contributed by atoms with Crippen LogP contribution >= 0.6 is 0 Å². The SMILES string of the molecule is CC(C)(C)c1cc(-c2cc3c4c(cccc4c4cccc5c6ccccc6n3c45)n2)[c-]c2ccccc12.CCC(CC)C(=O)/C=C(\O)C(CC)CC.[Ir]. The third kappa shape index (κ3) is 6.86. The summed E-state index contributed by atoms with van der Waals surface area (Å²) in [5, 5.41) is 18.5. The van der Waals surface area contributed by atoms with Crippen LogP contribution in [0, 0.1) is 17.9 Å². The first-order valence-corrected chi connectivity index (χ1v) is 19.0. The molecule has 0 spiro atoms. The Labute approximate surface area is 326 Å². The van der Waals surface area contributed by atoms with Gasteiger partial charge in [-0.05, 0) is 54.7 Å². The molecule has 8 rings (SSSR count). The third-order valence-corrected chi connectivity index (χ3v) is 11.0. The number of aliphatic hydroxyl groups is 1. The summed E-state index contributed by atoms with van der Waals surface area (Å²) >= 11 is 0. The van der Waals surface area contributed by atoms with E-state index < -0.39 is 0 Å². The molecular weight excluding hydrogens is 829 g/mol. The number of rotatable bonds is 8. The van der Waals surface area contributed by atoms with Gasteiger partial charge in [0.15, 0.2) is 5.78 Å². The summed E-state index contributed by atoms with van der Waals surface area (Å²) in [6.45, 7) is 14.9. The Bertz CT molecular complexity index is 2600. The van der Waals surface area contributed by atoms with E-state index >= 15 is 0 Å². The number of hydrogen-bond acceptors (Lipinski definition) is 3. The maximum absolute atomic E-state index is 11.7. The molecule has 1 N–H and O–H groups in total. The Morgan fingerprint density at radius 2 is 1.32 bits per heavy atom. The van der Waals surface area contributed by atoms with Crippen molar-refractivity contribution in [3.05, 3.63) is 121 Å². The molecule has 0 amide bonds. The van der Waals surface area contributed by atoms with E-state index in [0.29, 0.717) is 0 Å². The molecule has 273 valence electrons. The number of nitrogens with zero attached hydrogens (tertiary/aromatic N) is 2. The minimum atomic E-state index is 0. The van der Waals surface area contributed by atoms with Crippen molar-refractivity contribution in [2.45, 2.75) is 79.6 Å². The zero-order valence-electron chi connectivity index (χ0n) is 31.9. The Hall–Kier alpha value is -4.57. The molecule has 0 aliphatic carbocycles. The predicted octanol–water partition coefficient (Wildman–Crippen LogP) is 13.2. The number of carbonyl (C=O) groups excluding carboxylic acids is 1. The molecule has 0 fully saturated rings. The van der Waals surface area contributed by atoms with Crippen molar-refractivity contribution in [2.24, 2.45) is 11.8 Å². The van der Waals surface area contributed by atoms with Crippen molar-refractivity contribution in [3.63, 3.8) is 0 Å². The van der Waals surface area contributed by atoms with Crippen LogP contribution < -0.4 is 0 Å². The van der Waals surface area contributed by atoms with Gasteiger partial charge in [0.25, 0.3) is 0 Å². The Morgan fingerprint density at radius 3 is 2.00 bits per heavy atom. The minimum Gasteiger partial charge on any atom is -0.512 e. The summed E-state index contributed by atoms with van der Waals surface area (Å²) < 4.78 is 2.45. The zero-order valence-corrected chi connectivity index (χ0v) is 34.3. The number of aromatic nitrogens is 2. The molecule has 4 nitrogen and oxygen atoms in total. The third-order valence-electron chi connectivity index (χ3n) is 11.0. The van der Waals surface area contributed by atoms with Crippen molar-refractivity contribution in [1.82, 2.24) is 9.38 Å². The Balaban J connectivity index is 0.000000258. The summed E-state index contributed by atoms with van der Waals surface area (Å²) in [6.07, 6.45) is 4.91. The molecule has 0 aliphatic rings. The summed E-state index contributed by atoms with van der Waals surface area (Å²) in [5.41, 5.74) is 8.04. The van der Waals surface area contributed by atoms with Crippen LogP contribution in [0.4, 0.5) is 0 Å². The largest absolute Gasteiger partial charge is 0.512 e. The first-order valence-electron chi connectivity index (χ1n) is 19.0. The van der Waals surface area contributed by atoms with E-state index in [4.69, 9.17) is 4.98 Å². The van der Waals surface area contributed by atoms with Gasteiger partial charge in [0.1, 0.15) is 0 Å². The average molecular weight is 878 g/mol. The van der Waals surface area contributed by atoms with Crippen LogP contribution in [0.15, 0.2) is 109 Å². The predicted molar refractivity (Wildman–Crippen MR) is 221 cm³/mol. The number of benzene rings is 5. The first-order chi connectivity index (χ1) is 25.1. The first kappa shape index (κ1) is 38.2. The fourth-order valence-electron chi connectivity index (χ4n) is 8.06. The number of hydrogen-bond donors (Lipinski definition) is 1. The van der Waals surface area contributed by atoms with Crippen molar-refractivity contribution in [2.75, 3.05) is 0 Å². The summed E-state index contributed by atoms with van der Waals surface area (Å²) in [6, 6.07) is 38.8. The molecule has 0 aliphatic heterocycles. The topological polar surface area (TPSA) is 54.6 Å². The Kier molecular flexibility index (Phi) is 11.1. The molecule has 3 heterocycles. The summed E-state index contributed by atoms with van der Waals surface area (Å²) in [5.74, 6) is 0.547. The average Bonchev–Trinajstić information content (AvgIpc) is 3.49. The van der Waals surface area contributed by atoms with Gasteiger partial charge in [-0.25, -0.2) is 0 Å². The second kappa shape index (κ2) is 15.4. The molecule has 1 radical (unpaired) electrons. The summed E-state index contributed by atoms with van der Waals surface area (Å²) in [7, 11) is 0. The van der Waals surface area contributed by atoms with E-state index in [0.717, 1.165) is 47.8 Å². The van der Waals surface area contributed by atoms with Crippen molar-refractivity contribution in [3.8, 4) is 11.3 Å². The van der Waals surface area contributed by atoms with Gasteiger partial charge < -0.3 is 9.51 Å². The van der Waals surface area contributed by atoms with E-state index in [2.05, 4.69) is 128 Å². The maximum Gasteiger partial charge on any atom is 0.162 e. The van der Waals surface area contributed by atoms with Crippen LogP contribution in [0.5, 0.6) is 0 Å². The number of aliphatic hydroxyl groups excluding tert-OH is 1. The monoisotopic (exact) mass is 878 g/mol. The van der Waals surface area contributed by atoms with Crippen LogP contribution in [0.25, 0.3) is 71.0 Å². The molecule has 0 saturated carbocycles. The normalized spacial score (nSPS) is 12.4. The van der Waals surface area contributed by atoms with Gasteiger partial charge >= 0.3 is 0 Å². The minimum absolute atomic E-state index is 0. The van der Waals surface area contributed by atoms with Crippen molar-refractivity contribution < 1.29 is 30.0 Å². The number of para-hydroxylation sites is 2.